The molecule has 1 rings (SSSR count). The summed E-state index contributed by atoms with van der Waals surface area (Å²) >= 11 is 0. The van der Waals surface area contributed by atoms with Crippen LogP contribution in [0, 0.1) is 0 Å². The standard InChI is InChI=1S/C11H22N2O3/c1-13(2)6-3-4-11(15)12-9-5-7-16-8-10(9)14/h9-10,14H,3-8H2,1-2H3,(H,12,15)/t9-,10-/m1/s1. The van der Waals surface area contributed by atoms with E-state index < -0.39 is 6.10 Å². The second kappa shape index (κ2) is 6.83. The number of amides is 1. The summed E-state index contributed by atoms with van der Waals surface area (Å²) in [5.74, 6) is 0.0211. The van der Waals surface area contributed by atoms with Gasteiger partial charge in [-0.15, -0.1) is 0 Å². The molecule has 94 valence electrons. The summed E-state index contributed by atoms with van der Waals surface area (Å²) in [4.78, 5) is 13.6. The number of ether oxygens (including phenoxy) is 1. The summed E-state index contributed by atoms with van der Waals surface area (Å²) in [5.41, 5.74) is 0. The number of nitrogens with zero attached hydrogens (tertiary/aromatic N) is 1. The summed E-state index contributed by atoms with van der Waals surface area (Å²) in [6.07, 6.45) is 1.49. The predicted molar refractivity (Wildman–Crippen MR) is 61.2 cm³/mol. The van der Waals surface area contributed by atoms with Crippen molar-refractivity contribution in [3.8, 4) is 0 Å². The molecule has 0 bridgehead atoms. The first kappa shape index (κ1) is 13.4. The van der Waals surface area contributed by atoms with Gasteiger partial charge >= 0.3 is 0 Å². The van der Waals surface area contributed by atoms with Gasteiger partial charge in [0.25, 0.3) is 0 Å². The molecule has 16 heavy (non-hydrogen) atoms. The van der Waals surface area contributed by atoms with Crippen LogP contribution in [0.3, 0.4) is 0 Å². The van der Waals surface area contributed by atoms with Gasteiger partial charge in [-0.05, 0) is 33.5 Å². The lowest BCUT2D eigenvalue weighted by molar-refractivity contribution is -0.124. The molecule has 1 aliphatic rings. The van der Waals surface area contributed by atoms with Crippen molar-refractivity contribution in [3.05, 3.63) is 0 Å². The Balaban J connectivity index is 2.17. The molecule has 1 saturated heterocycles. The van der Waals surface area contributed by atoms with Crippen molar-refractivity contribution in [3.63, 3.8) is 0 Å². The zero-order valence-electron chi connectivity index (χ0n) is 10.1. The highest BCUT2D eigenvalue weighted by atomic mass is 16.5. The maximum Gasteiger partial charge on any atom is 0.220 e. The zero-order chi connectivity index (χ0) is 12.0. The third kappa shape index (κ3) is 4.92. The van der Waals surface area contributed by atoms with Crippen LogP contribution in [-0.2, 0) is 9.53 Å². The minimum atomic E-state index is -0.563. The Morgan fingerprint density at radius 3 is 2.94 bits per heavy atom. The molecule has 0 radical (unpaired) electrons. The van der Waals surface area contributed by atoms with E-state index in [4.69, 9.17) is 4.74 Å². The van der Waals surface area contributed by atoms with Crippen LogP contribution in [0.5, 0.6) is 0 Å². The lowest BCUT2D eigenvalue weighted by atomic mass is 10.1. The van der Waals surface area contributed by atoms with Crippen molar-refractivity contribution in [2.24, 2.45) is 0 Å². The Morgan fingerprint density at radius 2 is 2.31 bits per heavy atom. The molecule has 2 atom stereocenters. The Kier molecular flexibility index (Phi) is 5.73. The fraction of sp³-hybridized carbons (Fsp3) is 0.909. The average Bonchev–Trinajstić information content (AvgIpc) is 2.21. The van der Waals surface area contributed by atoms with Crippen LogP contribution < -0.4 is 5.32 Å². The van der Waals surface area contributed by atoms with Gasteiger partial charge in [-0.2, -0.15) is 0 Å². The van der Waals surface area contributed by atoms with Crippen molar-refractivity contribution >= 4 is 5.91 Å². The van der Waals surface area contributed by atoms with Gasteiger partial charge in [0.1, 0.15) is 0 Å². The van der Waals surface area contributed by atoms with Crippen LogP contribution in [0.4, 0.5) is 0 Å². The number of aliphatic hydroxyl groups excluding tert-OH is 1. The van der Waals surface area contributed by atoms with Gasteiger partial charge in [0.15, 0.2) is 0 Å². The molecule has 5 heteroatoms. The maximum absolute atomic E-state index is 11.6. The van der Waals surface area contributed by atoms with Crippen LogP contribution in [0.15, 0.2) is 0 Å². The van der Waals surface area contributed by atoms with Crippen molar-refractivity contribution < 1.29 is 14.6 Å². The largest absolute Gasteiger partial charge is 0.389 e. The van der Waals surface area contributed by atoms with E-state index in [-0.39, 0.29) is 11.9 Å². The second-order valence-corrected chi connectivity index (χ2v) is 4.51. The molecule has 5 nitrogen and oxygen atoms in total. The molecule has 1 heterocycles. The van der Waals surface area contributed by atoms with Gasteiger partial charge in [-0.3, -0.25) is 4.79 Å². The quantitative estimate of drug-likeness (QED) is 0.674. The Bertz CT molecular complexity index is 221. The van der Waals surface area contributed by atoms with Crippen LogP contribution in [0.2, 0.25) is 0 Å². The first-order chi connectivity index (χ1) is 7.59. The summed E-state index contributed by atoms with van der Waals surface area (Å²) in [6.45, 7) is 1.84. The molecular weight excluding hydrogens is 208 g/mol. The van der Waals surface area contributed by atoms with Crippen molar-refractivity contribution in [1.82, 2.24) is 10.2 Å². The monoisotopic (exact) mass is 230 g/mol. The number of hydrogen-bond acceptors (Lipinski definition) is 4. The molecule has 1 amide bonds. The fourth-order valence-corrected chi connectivity index (χ4v) is 1.73. The molecule has 0 spiro atoms. The van der Waals surface area contributed by atoms with E-state index in [1.807, 2.05) is 14.1 Å². The lowest BCUT2D eigenvalue weighted by Crippen LogP contribution is -2.48. The highest BCUT2D eigenvalue weighted by Gasteiger charge is 2.24. The fourth-order valence-electron chi connectivity index (χ4n) is 1.73. The Labute approximate surface area is 96.8 Å². The molecular formula is C11H22N2O3. The van der Waals surface area contributed by atoms with Gasteiger partial charge in [0.2, 0.25) is 5.91 Å². The van der Waals surface area contributed by atoms with E-state index in [1.54, 1.807) is 0 Å². The summed E-state index contributed by atoms with van der Waals surface area (Å²) in [6, 6.07) is -0.138. The van der Waals surface area contributed by atoms with Crippen molar-refractivity contribution in [2.45, 2.75) is 31.4 Å². The minimum absolute atomic E-state index is 0.0211. The average molecular weight is 230 g/mol. The molecule has 0 aromatic heterocycles. The first-order valence-corrected chi connectivity index (χ1v) is 5.79. The summed E-state index contributed by atoms with van der Waals surface area (Å²) in [7, 11) is 3.97. The smallest absolute Gasteiger partial charge is 0.220 e. The van der Waals surface area contributed by atoms with Crippen LogP contribution in [-0.4, -0.2) is 61.9 Å². The highest BCUT2D eigenvalue weighted by molar-refractivity contribution is 5.76. The molecule has 0 aromatic rings. The molecule has 1 aliphatic heterocycles. The molecule has 0 aromatic carbocycles. The number of hydrogen-bond donors (Lipinski definition) is 2. The molecule has 2 N–H and O–H groups in total. The van der Waals surface area contributed by atoms with Gasteiger partial charge in [0.05, 0.1) is 18.8 Å². The third-order valence-corrected chi connectivity index (χ3v) is 2.68. The van der Waals surface area contributed by atoms with Gasteiger partial charge in [-0.25, -0.2) is 0 Å². The van der Waals surface area contributed by atoms with E-state index in [0.29, 0.717) is 26.1 Å². The predicted octanol–water partition coefficient (Wildman–Crippen LogP) is -0.406. The Hall–Kier alpha value is -0.650. The summed E-state index contributed by atoms with van der Waals surface area (Å²) < 4.78 is 5.10. The highest BCUT2D eigenvalue weighted by Crippen LogP contribution is 2.07. The Morgan fingerprint density at radius 1 is 1.56 bits per heavy atom. The normalized spacial score (nSPS) is 25.8. The lowest BCUT2D eigenvalue weighted by Gasteiger charge is -2.28. The van der Waals surface area contributed by atoms with Crippen molar-refractivity contribution in [2.75, 3.05) is 33.9 Å². The molecule has 1 fully saturated rings. The zero-order valence-corrected chi connectivity index (χ0v) is 10.1. The third-order valence-electron chi connectivity index (χ3n) is 2.68. The van der Waals surface area contributed by atoms with Crippen molar-refractivity contribution in [1.29, 1.82) is 0 Å². The number of carbonyl (C=O) groups is 1. The minimum Gasteiger partial charge on any atom is -0.389 e. The topological polar surface area (TPSA) is 61.8 Å². The van der Waals surface area contributed by atoms with Gasteiger partial charge < -0.3 is 20.1 Å². The second-order valence-electron chi connectivity index (χ2n) is 4.51. The van der Waals surface area contributed by atoms with Crippen LogP contribution in [0.1, 0.15) is 19.3 Å². The van der Waals surface area contributed by atoms with E-state index in [2.05, 4.69) is 10.2 Å². The molecule has 0 unspecified atom stereocenters. The summed E-state index contributed by atoms with van der Waals surface area (Å²) in [5, 5.41) is 12.4. The van der Waals surface area contributed by atoms with Crippen LogP contribution in [0.25, 0.3) is 0 Å². The molecule has 0 aliphatic carbocycles. The molecule has 0 saturated carbocycles. The number of nitrogens with one attached hydrogen (secondary N) is 1. The number of carbonyl (C=O) groups excluding carboxylic acids is 1. The van der Waals surface area contributed by atoms with E-state index in [9.17, 15) is 9.90 Å². The van der Waals surface area contributed by atoms with Crippen LogP contribution >= 0.6 is 0 Å². The number of aliphatic hydroxyl groups is 1. The van der Waals surface area contributed by atoms with E-state index in [1.165, 1.54) is 0 Å². The maximum atomic E-state index is 11.6. The van der Waals surface area contributed by atoms with E-state index in [0.717, 1.165) is 13.0 Å². The van der Waals surface area contributed by atoms with Gasteiger partial charge in [-0.1, -0.05) is 0 Å². The SMILES string of the molecule is CN(C)CCCC(=O)N[C@@H]1CCOC[C@H]1O. The number of rotatable bonds is 5. The van der Waals surface area contributed by atoms with E-state index >= 15 is 0 Å². The first-order valence-electron chi connectivity index (χ1n) is 5.79. The van der Waals surface area contributed by atoms with Gasteiger partial charge in [0, 0.05) is 13.0 Å².